The molecule has 0 aliphatic heterocycles. The van der Waals surface area contributed by atoms with Gasteiger partial charge in [0.05, 0.1) is 0 Å². The summed E-state index contributed by atoms with van der Waals surface area (Å²) in [5.74, 6) is 1.73. The second-order valence-electron chi connectivity index (χ2n) is 2.97. The van der Waals surface area contributed by atoms with Crippen LogP contribution in [0, 0.1) is 0 Å². The van der Waals surface area contributed by atoms with E-state index in [1.165, 1.54) is 0 Å². The first-order valence-electron chi connectivity index (χ1n) is 4.34. The number of carbonyl (C=O) groups is 1. The summed E-state index contributed by atoms with van der Waals surface area (Å²) >= 11 is 5.98. The van der Waals surface area contributed by atoms with E-state index in [4.69, 9.17) is 0 Å². The van der Waals surface area contributed by atoms with Gasteiger partial charge in [-0.25, -0.2) is 0 Å². The van der Waals surface area contributed by atoms with E-state index in [0.29, 0.717) is 5.25 Å². The molecule has 13 heavy (non-hydrogen) atoms. The molecule has 1 amide bonds. The maximum absolute atomic E-state index is 11.1. The predicted molar refractivity (Wildman–Crippen MR) is 68.1 cm³/mol. The Morgan fingerprint density at radius 3 is 2.54 bits per heavy atom. The standard InChI is InChI=1S/C8H18NOPS2/c1-7(2)13-6-4-9(3-5-12)8(10)11/h7,12H,3-6,11H2,1-2H3. The lowest BCUT2D eigenvalue weighted by Crippen LogP contribution is -2.30. The number of carbonyl (C=O) groups excluding carboxylic acids is 1. The summed E-state index contributed by atoms with van der Waals surface area (Å²) in [5.41, 5.74) is 0.0680. The van der Waals surface area contributed by atoms with E-state index in [1.807, 2.05) is 16.7 Å². The average Bonchev–Trinajstić information content (AvgIpc) is 2.02. The van der Waals surface area contributed by atoms with Gasteiger partial charge in [-0.05, 0) is 14.5 Å². The minimum Gasteiger partial charge on any atom is -0.338 e. The first-order valence-corrected chi connectivity index (χ1v) is 6.60. The zero-order valence-corrected chi connectivity index (χ0v) is 11.1. The third-order valence-corrected chi connectivity index (χ3v) is 3.14. The molecule has 0 aromatic carbocycles. The molecule has 2 nitrogen and oxygen atoms in total. The minimum atomic E-state index is 0.0680. The normalized spacial score (nSPS) is 10.5. The second kappa shape index (κ2) is 7.95. The Bertz CT molecular complexity index is 155. The lowest BCUT2D eigenvalue weighted by atomic mass is 10.6. The molecule has 0 spiro atoms. The van der Waals surface area contributed by atoms with Crippen molar-refractivity contribution in [3.63, 3.8) is 0 Å². The fraction of sp³-hybridized carbons (Fsp3) is 0.875. The third-order valence-electron chi connectivity index (χ3n) is 1.49. The molecule has 0 aliphatic carbocycles. The van der Waals surface area contributed by atoms with Gasteiger partial charge in [0.15, 0.2) is 0 Å². The molecule has 0 heterocycles. The van der Waals surface area contributed by atoms with E-state index < -0.39 is 0 Å². The number of nitrogens with zero attached hydrogens (tertiary/aromatic N) is 1. The topological polar surface area (TPSA) is 20.3 Å². The number of thioether (sulfide) groups is 1. The molecule has 5 heteroatoms. The molecule has 0 radical (unpaired) electrons. The molecule has 0 bridgehead atoms. The van der Waals surface area contributed by atoms with Crippen LogP contribution in [0.4, 0.5) is 4.79 Å². The molecule has 1 atom stereocenters. The summed E-state index contributed by atoms with van der Waals surface area (Å²) < 4.78 is 0. The van der Waals surface area contributed by atoms with Gasteiger partial charge in [0.1, 0.15) is 0 Å². The van der Waals surface area contributed by atoms with Gasteiger partial charge in [-0.15, -0.1) is 0 Å². The highest BCUT2D eigenvalue weighted by Gasteiger charge is 2.07. The molecule has 0 aromatic rings. The maximum atomic E-state index is 11.1. The van der Waals surface area contributed by atoms with Crippen molar-refractivity contribution in [3.8, 4) is 0 Å². The Morgan fingerprint density at radius 2 is 2.15 bits per heavy atom. The van der Waals surface area contributed by atoms with Crippen LogP contribution in [-0.4, -0.2) is 40.4 Å². The van der Waals surface area contributed by atoms with Gasteiger partial charge in [-0.3, -0.25) is 4.79 Å². The van der Waals surface area contributed by atoms with Crippen LogP contribution in [0.1, 0.15) is 13.8 Å². The van der Waals surface area contributed by atoms with E-state index >= 15 is 0 Å². The molecule has 0 rings (SSSR count). The highest BCUT2D eigenvalue weighted by molar-refractivity contribution is 7.99. The quantitative estimate of drug-likeness (QED) is 0.567. The first-order chi connectivity index (χ1) is 6.07. The third kappa shape index (κ3) is 7.65. The van der Waals surface area contributed by atoms with Crippen LogP contribution in [0.3, 0.4) is 0 Å². The fourth-order valence-electron chi connectivity index (χ4n) is 0.852. The number of amides is 1. The van der Waals surface area contributed by atoms with Crippen molar-refractivity contribution in [2.75, 3.05) is 24.6 Å². The summed E-state index contributed by atoms with van der Waals surface area (Å²) in [7, 11) is 2.21. The number of rotatable bonds is 6. The SMILES string of the molecule is CC(C)SCCN(CCS)C(=O)P. The van der Waals surface area contributed by atoms with E-state index in [1.54, 1.807) is 0 Å². The van der Waals surface area contributed by atoms with Crippen LogP contribution in [0.2, 0.25) is 0 Å². The summed E-state index contributed by atoms with van der Waals surface area (Å²) in [6.07, 6.45) is 0. The Kier molecular flexibility index (Phi) is 8.32. The van der Waals surface area contributed by atoms with Gasteiger partial charge in [0.2, 0.25) is 5.65 Å². The lowest BCUT2D eigenvalue weighted by Gasteiger charge is -2.19. The molecule has 0 N–H and O–H groups in total. The fourth-order valence-corrected chi connectivity index (χ4v) is 2.15. The van der Waals surface area contributed by atoms with Gasteiger partial charge in [-0.2, -0.15) is 24.4 Å². The molecule has 0 aliphatic rings. The van der Waals surface area contributed by atoms with Crippen LogP contribution in [-0.2, 0) is 0 Å². The summed E-state index contributed by atoms with van der Waals surface area (Å²) in [5, 5.41) is 0.637. The van der Waals surface area contributed by atoms with Gasteiger partial charge >= 0.3 is 0 Å². The largest absolute Gasteiger partial charge is 0.338 e. The highest BCUT2D eigenvalue weighted by atomic mass is 32.2. The second-order valence-corrected chi connectivity index (χ2v) is 5.59. The van der Waals surface area contributed by atoms with Crippen molar-refractivity contribution in [1.82, 2.24) is 4.90 Å². The Labute approximate surface area is 92.8 Å². The number of hydrogen-bond acceptors (Lipinski definition) is 3. The van der Waals surface area contributed by atoms with Crippen LogP contribution < -0.4 is 0 Å². The molecular formula is C8H18NOPS2. The smallest absolute Gasteiger partial charge is 0.237 e. The zero-order chi connectivity index (χ0) is 10.3. The lowest BCUT2D eigenvalue weighted by molar-refractivity contribution is 0.229. The Hall–Kier alpha value is 0.600. The van der Waals surface area contributed by atoms with Crippen LogP contribution in [0.15, 0.2) is 0 Å². The predicted octanol–water partition coefficient (Wildman–Crippen LogP) is 2.35. The maximum Gasteiger partial charge on any atom is 0.237 e. The molecule has 1 unspecified atom stereocenters. The van der Waals surface area contributed by atoms with Crippen molar-refractivity contribution in [1.29, 1.82) is 0 Å². The van der Waals surface area contributed by atoms with Crippen LogP contribution >= 0.6 is 33.6 Å². The summed E-state index contributed by atoms with van der Waals surface area (Å²) in [6, 6.07) is 0. The van der Waals surface area contributed by atoms with E-state index in [0.717, 1.165) is 24.6 Å². The number of hydrogen-bond donors (Lipinski definition) is 1. The highest BCUT2D eigenvalue weighted by Crippen LogP contribution is 2.10. The van der Waals surface area contributed by atoms with E-state index in [-0.39, 0.29) is 5.65 Å². The zero-order valence-electron chi connectivity index (χ0n) is 8.19. The van der Waals surface area contributed by atoms with Gasteiger partial charge in [0, 0.05) is 24.6 Å². The van der Waals surface area contributed by atoms with Gasteiger partial charge in [0.25, 0.3) is 0 Å². The van der Waals surface area contributed by atoms with Gasteiger partial charge < -0.3 is 4.90 Å². The summed E-state index contributed by atoms with van der Waals surface area (Å²) in [4.78, 5) is 12.9. The van der Waals surface area contributed by atoms with Gasteiger partial charge in [-0.1, -0.05) is 13.8 Å². The minimum absolute atomic E-state index is 0.0680. The monoisotopic (exact) mass is 239 g/mol. The molecular weight excluding hydrogens is 221 g/mol. The number of thiol groups is 1. The van der Waals surface area contributed by atoms with E-state index in [2.05, 4.69) is 35.7 Å². The Morgan fingerprint density at radius 1 is 1.54 bits per heavy atom. The van der Waals surface area contributed by atoms with Crippen LogP contribution in [0.5, 0.6) is 0 Å². The first kappa shape index (κ1) is 13.6. The molecule has 78 valence electrons. The van der Waals surface area contributed by atoms with Crippen molar-refractivity contribution in [3.05, 3.63) is 0 Å². The molecule has 0 saturated heterocycles. The molecule has 0 fully saturated rings. The van der Waals surface area contributed by atoms with Crippen molar-refractivity contribution in [2.45, 2.75) is 19.1 Å². The van der Waals surface area contributed by atoms with Crippen molar-refractivity contribution >= 4 is 39.3 Å². The molecule has 0 saturated carbocycles. The summed E-state index contributed by atoms with van der Waals surface area (Å²) in [6.45, 7) is 5.89. The van der Waals surface area contributed by atoms with Crippen LogP contribution in [0.25, 0.3) is 0 Å². The van der Waals surface area contributed by atoms with Crippen molar-refractivity contribution < 1.29 is 4.79 Å². The Balaban J connectivity index is 3.63. The van der Waals surface area contributed by atoms with E-state index in [9.17, 15) is 4.79 Å². The van der Waals surface area contributed by atoms with Crippen molar-refractivity contribution in [2.24, 2.45) is 0 Å². The average molecular weight is 239 g/mol. The molecule has 0 aromatic heterocycles.